The topological polar surface area (TPSA) is 55.8 Å². The average Bonchev–Trinajstić information content (AvgIpc) is 2.65. The summed E-state index contributed by atoms with van der Waals surface area (Å²) in [5, 5.41) is 0. The number of anilines is 1. The fourth-order valence-corrected chi connectivity index (χ4v) is 2.92. The molecule has 1 amide bonds. The molecule has 0 spiro atoms. The number of methoxy groups -OCH3 is 1. The highest BCUT2D eigenvalue weighted by Gasteiger charge is 2.37. The zero-order chi connectivity index (χ0) is 16.9. The maximum Gasteiger partial charge on any atom is 0.415 e. The number of amides is 1. The zero-order valence-electron chi connectivity index (χ0n) is 13.5. The Morgan fingerprint density at radius 3 is 2.54 bits per heavy atom. The van der Waals surface area contributed by atoms with Gasteiger partial charge in [-0.25, -0.2) is 9.59 Å². The van der Waals surface area contributed by atoms with Crippen molar-refractivity contribution >= 4 is 17.7 Å². The third-order valence-electron chi connectivity index (χ3n) is 4.13. The predicted molar refractivity (Wildman–Crippen MR) is 89.7 cm³/mol. The maximum atomic E-state index is 12.7. The lowest BCUT2D eigenvalue weighted by atomic mass is 9.96. The molecule has 2 aromatic rings. The van der Waals surface area contributed by atoms with E-state index in [-0.39, 0.29) is 6.61 Å². The first-order chi connectivity index (χ1) is 11.7. The summed E-state index contributed by atoms with van der Waals surface area (Å²) >= 11 is 0. The lowest BCUT2D eigenvalue weighted by molar-refractivity contribution is -0.142. The summed E-state index contributed by atoms with van der Waals surface area (Å²) < 4.78 is 10.3. The Bertz CT molecular complexity index is 729. The molecule has 5 heteroatoms. The van der Waals surface area contributed by atoms with Crippen LogP contribution in [0.2, 0.25) is 0 Å². The molecule has 1 atom stereocenters. The minimum Gasteiger partial charge on any atom is -0.467 e. The number of para-hydroxylation sites is 1. The van der Waals surface area contributed by atoms with E-state index in [1.165, 1.54) is 12.0 Å². The SMILES string of the molecule is COC(=O)[C@@H]1CCc2ccccc2N1C(=O)OCc1ccccc1. The van der Waals surface area contributed by atoms with Crippen LogP contribution in [0.15, 0.2) is 54.6 Å². The first-order valence-corrected chi connectivity index (χ1v) is 7.86. The van der Waals surface area contributed by atoms with Crippen LogP contribution < -0.4 is 4.90 Å². The van der Waals surface area contributed by atoms with E-state index in [9.17, 15) is 9.59 Å². The fraction of sp³-hybridized carbons (Fsp3) is 0.263. The Balaban J connectivity index is 1.83. The molecule has 0 unspecified atom stereocenters. The summed E-state index contributed by atoms with van der Waals surface area (Å²) in [7, 11) is 1.33. The van der Waals surface area contributed by atoms with Gasteiger partial charge in [0, 0.05) is 0 Å². The second-order valence-electron chi connectivity index (χ2n) is 5.62. The highest BCUT2D eigenvalue weighted by Crippen LogP contribution is 2.31. The van der Waals surface area contributed by atoms with Crippen LogP contribution in [0, 0.1) is 0 Å². The molecular weight excluding hydrogens is 306 g/mol. The van der Waals surface area contributed by atoms with Gasteiger partial charge in [0.2, 0.25) is 0 Å². The summed E-state index contributed by atoms with van der Waals surface area (Å²) in [6.45, 7) is 0.159. The molecule has 0 radical (unpaired) electrons. The zero-order valence-corrected chi connectivity index (χ0v) is 13.5. The van der Waals surface area contributed by atoms with Crippen LogP contribution in [0.1, 0.15) is 17.5 Å². The number of aryl methyl sites for hydroxylation is 1. The van der Waals surface area contributed by atoms with E-state index in [4.69, 9.17) is 9.47 Å². The molecule has 5 nitrogen and oxygen atoms in total. The molecule has 1 aliphatic rings. The van der Waals surface area contributed by atoms with Gasteiger partial charge in [0.25, 0.3) is 0 Å². The van der Waals surface area contributed by atoms with Gasteiger partial charge in [0.05, 0.1) is 12.8 Å². The maximum absolute atomic E-state index is 12.7. The molecule has 124 valence electrons. The third-order valence-corrected chi connectivity index (χ3v) is 4.13. The van der Waals surface area contributed by atoms with Crippen molar-refractivity contribution in [3.8, 4) is 0 Å². The van der Waals surface area contributed by atoms with Crippen molar-refractivity contribution in [3.63, 3.8) is 0 Å². The predicted octanol–water partition coefficient (Wildman–Crippen LogP) is 3.32. The Morgan fingerprint density at radius 2 is 1.79 bits per heavy atom. The van der Waals surface area contributed by atoms with Gasteiger partial charge in [0.15, 0.2) is 0 Å². The molecule has 3 rings (SSSR count). The Morgan fingerprint density at radius 1 is 1.08 bits per heavy atom. The molecule has 0 saturated carbocycles. The average molecular weight is 325 g/mol. The molecule has 1 aliphatic heterocycles. The summed E-state index contributed by atoms with van der Waals surface area (Å²) in [6.07, 6.45) is 0.698. The van der Waals surface area contributed by atoms with E-state index < -0.39 is 18.1 Å². The quantitative estimate of drug-likeness (QED) is 0.812. The van der Waals surface area contributed by atoms with E-state index in [0.29, 0.717) is 12.1 Å². The van der Waals surface area contributed by atoms with Crippen molar-refractivity contribution in [2.45, 2.75) is 25.5 Å². The highest BCUT2D eigenvalue weighted by atomic mass is 16.6. The molecule has 24 heavy (non-hydrogen) atoms. The van der Waals surface area contributed by atoms with Crippen molar-refractivity contribution in [2.75, 3.05) is 12.0 Å². The first kappa shape index (κ1) is 16.1. The number of carbonyl (C=O) groups excluding carboxylic acids is 2. The molecule has 0 bridgehead atoms. The number of rotatable bonds is 3. The van der Waals surface area contributed by atoms with Crippen LogP contribution in [0.5, 0.6) is 0 Å². The minimum atomic E-state index is -0.659. The highest BCUT2D eigenvalue weighted by molar-refractivity contribution is 5.97. The molecule has 2 aromatic carbocycles. The minimum absolute atomic E-state index is 0.159. The number of benzene rings is 2. The summed E-state index contributed by atoms with van der Waals surface area (Å²) in [6, 6.07) is 16.3. The number of nitrogens with zero attached hydrogens (tertiary/aromatic N) is 1. The number of esters is 1. The lowest BCUT2D eigenvalue weighted by Gasteiger charge is -2.34. The van der Waals surface area contributed by atoms with Crippen molar-refractivity contribution in [3.05, 3.63) is 65.7 Å². The number of hydrogen-bond acceptors (Lipinski definition) is 4. The number of hydrogen-bond donors (Lipinski definition) is 0. The van der Waals surface area contributed by atoms with E-state index in [1.807, 2.05) is 54.6 Å². The normalized spacial score (nSPS) is 16.2. The molecular formula is C19H19NO4. The summed E-state index contributed by atoms with van der Waals surface area (Å²) in [4.78, 5) is 26.2. The molecule has 0 aromatic heterocycles. The largest absolute Gasteiger partial charge is 0.467 e. The smallest absolute Gasteiger partial charge is 0.415 e. The van der Waals surface area contributed by atoms with Crippen molar-refractivity contribution < 1.29 is 19.1 Å². The van der Waals surface area contributed by atoms with Crippen molar-refractivity contribution in [2.24, 2.45) is 0 Å². The van der Waals surface area contributed by atoms with Crippen LogP contribution in [0.3, 0.4) is 0 Å². The molecule has 0 fully saturated rings. The Hall–Kier alpha value is -2.82. The van der Waals surface area contributed by atoms with Gasteiger partial charge in [0.1, 0.15) is 12.6 Å². The van der Waals surface area contributed by atoms with Gasteiger partial charge in [-0.3, -0.25) is 4.90 Å². The van der Waals surface area contributed by atoms with Crippen LogP contribution in [0.25, 0.3) is 0 Å². The second-order valence-corrected chi connectivity index (χ2v) is 5.62. The van der Waals surface area contributed by atoms with Crippen LogP contribution in [0.4, 0.5) is 10.5 Å². The summed E-state index contributed by atoms with van der Waals surface area (Å²) in [5.41, 5.74) is 2.62. The van der Waals surface area contributed by atoms with E-state index in [2.05, 4.69) is 0 Å². The summed E-state index contributed by atoms with van der Waals surface area (Å²) in [5.74, 6) is -0.429. The standard InChI is InChI=1S/C19H19NO4/c1-23-18(21)17-12-11-15-9-5-6-10-16(15)20(17)19(22)24-13-14-7-3-2-4-8-14/h2-10,17H,11-13H2,1H3/t17-/m0/s1. The number of ether oxygens (including phenoxy) is 2. The lowest BCUT2D eigenvalue weighted by Crippen LogP contribution is -2.48. The van der Waals surface area contributed by atoms with Gasteiger partial charge in [-0.15, -0.1) is 0 Å². The van der Waals surface area contributed by atoms with E-state index in [0.717, 1.165) is 17.5 Å². The molecule has 0 aliphatic carbocycles. The Kier molecular flexibility index (Phi) is 4.79. The van der Waals surface area contributed by atoms with Gasteiger partial charge in [-0.1, -0.05) is 48.5 Å². The van der Waals surface area contributed by atoms with Crippen LogP contribution >= 0.6 is 0 Å². The monoisotopic (exact) mass is 325 g/mol. The number of fused-ring (bicyclic) bond motifs is 1. The van der Waals surface area contributed by atoms with E-state index in [1.54, 1.807) is 0 Å². The fourth-order valence-electron chi connectivity index (χ4n) is 2.92. The molecule has 1 heterocycles. The van der Waals surface area contributed by atoms with Crippen molar-refractivity contribution in [1.82, 2.24) is 0 Å². The van der Waals surface area contributed by atoms with Gasteiger partial charge >= 0.3 is 12.1 Å². The molecule has 0 saturated heterocycles. The number of carbonyl (C=O) groups is 2. The van der Waals surface area contributed by atoms with Crippen molar-refractivity contribution in [1.29, 1.82) is 0 Å². The van der Waals surface area contributed by atoms with Gasteiger partial charge in [-0.05, 0) is 30.0 Å². The first-order valence-electron chi connectivity index (χ1n) is 7.86. The van der Waals surface area contributed by atoms with E-state index >= 15 is 0 Å². The van der Waals surface area contributed by atoms with Crippen LogP contribution in [-0.2, 0) is 27.3 Å². The van der Waals surface area contributed by atoms with Crippen LogP contribution in [-0.4, -0.2) is 25.2 Å². The second kappa shape index (κ2) is 7.17. The van der Waals surface area contributed by atoms with Gasteiger partial charge < -0.3 is 9.47 Å². The molecule has 0 N–H and O–H groups in total. The third kappa shape index (κ3) is 3.25. The Labute approximate surface area is 140 Å². The van der Waals surface area contributed by atoms with Gasteiger partial charge in [-0.2, -0.15) is 0 Å².